The van der Waals surface area contributed by atoms with Crippen LogP contribution in [-0.4, -0.2) is 28.2 Å². The molecule has 31 heavy (non-hydrogen) atoms. The maximum Gasteiger partial charge on any atom is 0.229 e. The number of nitrogens with zero attached hydrogens (tertiary/aromatic N) is 4. The van der Waals surface area contributed by atoms with Gasteiger partial charge in [0.05, 0.1) is 10.4 Å². The smallest absolute Gasteiger partial charge is 0.229 e. The van der Waals surface area contributed by atoms with Crippen molar-refractivity contribution < 1.29 is 8.42 Å². The highest BCUT2D eigenvalue weighted by atomic mass is 35.5. The molecule has 154 valence electrons. The van der Waals surface area contributed by atoms with Crippen LogP contribution < -0.4 is 5.32 Å². The van der Waals surface area contributed by atoms with Gasteiger partial charge in [-0.1, -0.05) is 52.7 Å². The quantitative estimate of drug-likeness (QED) is 0.423. The molecular formula is C22H16ClN5O2S. The van der Waals surface area contributed by atoms with Crippen molar-refractivity contribution in [3.63, 3.8) is 0 Å². The van der Waals surface area contributed by atoms with Crippen molar-refractivity contribution in [1.29, 1.82) is 0 Å². The van der Waals surface area contributed by atoms with Crippen LogP contribution in [0.5, 0.6) is 0 Å². The molecule has 0 spiro atoms. The number of rotatable bonds is 4. The summed E-state index contributed by atoms with van der Waals surface area (Å²) in [6.45, 7) is 2.00. The Hall–Kier alpha value is -3.49. The zero-order valence-corrected chi connectivity index (χ0v) is 17.9. The Bertz CT molecular complexity index is 1530. The highest BCUT2D eigenvalue weighted by Gasteiger charge is 2.27. The number of sulfone groups is 1. The lowest BCUT2D eigenvalue weighted by atomic mass is 10.2. The van der Waals surface area contributed by atoms with E-state index in [9.17, 15) is 8.42 Å². The van der Waals surface area contributed by atoms with Crippen molar-refractivity contribution in [2.24, 2.45) is 0 Å². The third-order valence-corrected chi connectivity index (χ3v) is 6.80. The molecule has 0 aliphatic heterocycles. The van der Waals surface area contributed by atoms with Crippen LogP contribution in [-0.2, 0) is 9.84 Å². The Kier molecular flexibility index (Phi) is 4.60. The Balaban J connectivity index is 1.76. The SMILES string of the molecule is Cc1ccc(Nc2nc3c(S(=O)(=O)c4ccccc4)nnn3c3ccc(Cl)cc23)cc1. The summed E-state index contributed by atoms with van der Waals surface area (Å²) in [5.74, 6) is 0.459. The van der Waals surface area contributed by atoms with Gasteiger partial charge in [-0.2, -0.15) is 4.52 Å². The van der Waals surface area contributed by atoms with Crippen molar-refractivity contribution in [2.75, 3.05) is 5.32 Å². The van der Waals surface area contributed by atoms with Crippen molar-refractivity contribution in [3.05, 3.63) is 83.4 Å². The normalized spacial score (nSPS) is 11.8. The third kappa shape index (κ3) is 3.39. The van der Waals surface area contributed by atoms with E-state index in [4.69, 9.17) is 11.6 Å². The fraction of sp³-hybridized carbons (Fsp3) is 0.0455. The van der Waals surface area contributed by atoms with Gasteiger partial charge in [-0.05, 0) is 49.4 Å². The zero-order valence-electron chi connectivity index (χ0n) is 16.3. The van der Waals surface area contributed by atoms with E-state index >= 15 is 0 Å². The number of anilines is 2. The summed E-state index contributed by atoms with van der Waals surface area (Å²) in [6.07, 6.45) is 0. The number of aromatic nitrogens is 4. The maximum absolute atomic E-state index is 13.2. The number of hydrogen-bond donors (Lipinski definition) is 1. The van der Waals surface area contributed by atoms with Gasteiger partial charge < -0.3 is 5.32 Å². The lowest BCUT2D eigenvalue weighted by Crippen LogP contribution is -2.05. The van der Waals surface area contributed by atoms with Crippen LogP contribution in [0.15, 0.2) is 82.7 Å². The molecule has 3 aromatic carbocycles. The second-order valence-corrected chi connectivity index (χ2v) is 9.36. The molecule has 0 saturated carbocycles. The van der Waals surface area contributed by atoms with Crippen LogP contribution in [0.2, 0.25) is 5.02 Å². The van der Waals surface area contributed by atoms with E-state index in [1.807, 2.05) is 31.2 Å². The Morgan fingerprint density at radius 1 is 0.968 bits per heavy atom. The first-order valence-corrected chi connectivity index (χ1v) is 11.3. The number of benzene rings is 3. The molecule has 9 heteroatoms. The molecule has 5 aromatic rings. The van der Waals surface area contributed by atoms with E-state index in [0.717, 1.165) is 11.3 Å². The number of halogens is 1. The largest absolute Gasteiger partial charge is 0.340 e. The molecule has 0 aliphatic carbocycles. The van der Waals surface area contributed by atoms with E-state index in [2.05, 4.69) is 20.6 Å². The minimum absolute atomic E-state index is 0.128. The summed E-state index contributed by atoms with van der Waals surface area (Å²) in [5.41, 5.74) is 2.70. The summed E-state index contributed by atoms with van der Waals surface area (Å²) in [5, 5.41) is 12.3. The van der Waals surface area contributed by atoms with Crippen molar-refractivity contribution >= 4 is 49.5 Å². The number of nitrogens with one attached hydrogen (secondary N) is 1. The van der Waals surface area contributed by atoms with Gasteiger partial charge in [0.25, 0.3) is 0 Å². The first kappa shape index (κ1) is 19.5. The second kappa shape index (κ2) is 7.33. The molecule has 0 amide bonds. The predicted molar refractivity (Wildman–Crippen MR) is 120 cm³/mol. The minimum Gasteiger partial charge on any atom is -0.340 e. The third-order valence-electron chi connectivity index (χ3n) is 4.90. The highest BCUT2D eigenvalue weighted by molar-refractivity contribution is 7.91. The van der Waals surface area contributed by atoms with Crippen LogP contribution in [0.1, 0.15) is 5.56 Å². The van der Waals surface area contributed by atoms with Gasteiger partial charge in [0.15, 0.2) is 5.65 Å². The highest BCUT2D eigenvalue weighted by Crippen LogP contribution is 2.31. The maximum atomic E-state index is 13.2. The van der Waals surface area contributed by atoms with Gasteiger partial charge >= 0.3 is 0 Å². The first-order valence-electron chi connectivity index (χ1n) is 9.42. The Morgan fingerprint density at radius 2 is 1.71 bits per heavy atom. The molecule has 0 atom stereocenters. The van der Waals surface area contributed by atoms with Crippen LogP contribution in [0.3, 0.4) is 0 Å². The molecule has 0 aliphatic rings. The fourth-order valence-corrected chi connectivity index (χ4v) is 4.75. The summed E-state index contributed by atoms with van der Waals surface area (Å²) < 4.78 is 27.8. The van der Waals surface area contributed by atoms with Crippen LogP contribution in [0.25, 0.3) is 16.6 Å². The molecule has 7 nitrogen and oxygen atoms in total. The minimum atomic E-state index is -3.91. The molecular weight excluding hydrogens is 434 g/mol. The molecule has 5 rings (SSSR count). The summed E-state index contributed by atoms with van der Waals surface area (Å²) in [6, 6.07) is 21.1. The van der Waals surface area contributed by atoms with E-state index < -0.39 is 9.84 Å². The summed E-state index contributed by atoms with van der Waals surface area (Å²) >= 11 is 6.23. The van der Waals surface area contributed by atoms with E-state index in [1.54, 1.807) is 36.4 Å². The average molecular weight is 450 g/mol. The summed E-state index contributed by atoms with van der Waals surface area (Å²) in [4.78, 5) is 4.73. The van der Waals surface area contributed by atoms with Crippen molar-refractivity contribution in [3.8, 4) is 0 Å². The molecule has 0 radical (unpaired) electrons. The van der Waals surface area contributed by atoms with Gasteiger partial charge in [0.1, 0.15) is 5.82 Å². The van der Waals surface area contributed by atoms with E-state index in [1.165, 1.54) is 16.6 Å². The molecule has 2 heterocycles. The number of hydrogen-bond acceptors (Lipinski definition) is 6. The van der Waals surface area contributed by atoms with Crippen molar-refractivity contribution in [2.45, 2.75) is 16.8 Å². The lowest BCUT2D eigenvalue weighted by molar-refractivity contribution is 0.592. The summed E-state index contributed by atoms with van der Waals surface area (Å²) in [7, 11) is -3.91. The monoisotopic (exact) mass is 449 g/mol. The first-order chi connectivity index (χ1) is 14.9. The number of fused-ring (bicyclic) bond motifs is 3. The van der Waals surface area contributed by atoms with Crippen LogP contribution in [0.4, 0.5) is 11.5 Å². The fourth-order valence-electron chi connectivity index (χ4n) is 3.32. The second-order valence-electron chi connectivity index (χ2n) is 7.06. The molecule has 2 aromatic heterocycles. The molecule has 0 saturated heterocycles. The van der Waals surface area contributed by atoms with Gasteiger partial charge in [-0.3, -0.25) is 0 Å². The van der Waals surface area contributed by atoms with Crippen molar-refractivity contribution in [1.82, 2.24) is 19.8 Å². The molecule has 0 fully saturated rings. The van der Waals surface area contributed by atoms with Crippen LogP contribution >= 0.6 is 11.6 Å². The molecule has 0 bridgehead atoms. The van der Waals surface area contributed by atoms with Gasteiger partial charge in [-0.15, -0.1) is 5.10 Å². The zero-order chi connectivity index (χ0) is 21.6. The average Bonchev–Trinajstić information content (AvgIpc) is 3.21. The van der Waals surface area contributed by atoms with E-state index in [0.29, 0.717) is 21.7 Å². The van der Waals surface area contributed by atoms with Gasteiger partial charge in [-0.25, -0.2) is 13.4 Å². The Morgan fingerprint density at radius 3 is 2.45 bits per heavy atom. The van der Waals surface area contributed by atoms with E-state index in [-0.39, 0.29) is 15.6 Å². The van der Waals surface area contributed by atoms with Crippen LogP contribution in [0, 0.1) is 6.92 Å². The topological polar surface area (TPSA) is 89.2 Å². The number of aryl methyl sites for hydroxylation is 1. The lowest BCUT2D eigenvalue weighted by Gasteiger charge is -2.11. The van der Waals surface area contributed by atoms with Gasteiger partial charge in [0, 0.05) is 16.1 Å². The van der Waals surface area contributed by atoms with Gasteiger partial charge in [0.2, 0.25) is 14.9 Å². The standard InChI is InChI=1S/C22H16ClN5O2S/c1-14-7-10-16(11-8-14)24-20-18-13-15(23)9-12-19(18)28-21(25-20)22(26-27-28)31(29,30)17-5-3-2-4-6-17/h2-13H,1H3,(H,24,25). The molecule has 1 N–H and O–H groups in total. The molecule has 0 unspecified atom stereocenters. The predicted octanol–water partition coefficient (Wildman–Crippen LogP) is 4.82. The Labute approximate surface area is 183 Å².